The van der Waals surface area contributed by atoms with E-state index in [2.05, 4.69) is 26.7 Å². The predicted molar refractivity (Wildman–Crippen MR) is 117 cm³/mol. The highest BCUT2D eigenvalue weighted by molar-refractivity contribution is 6.04. The van der Waals surface area contributed by atoms with Crippen molar-refractivity contribution in [1.29, 1.82) is 0 Å². The first kappa shape index (κ1) is 18.1. The van der Waals surface area contributed by atoms with Crippen LogP contribution < -0.4 is 9.47 Å². The van der Waals surface area contributed by atoms with Gasteiger partial charge in [0.15, 0.2) is 0 Å². The lowest BCUT2D eigenvalue weighted by Crippen LogP contribution is -1.98. The zero-order valence-corrected chi connectivity index (χ0v) is 17.0. The molecule has 5 rings (SSSR count). The standard InChI is InChI=1S/C24H20N4O2/c1-15-27-22-14-25-21-10-4-16(17-5-11-23(30-3)26-13-17)12-20(21)24(22)28(15)18-6-8-19(29-2)9-7-18/h4-14H,1-3H3. The number of aromatic nitrogens is 4. The molecule has 0 unspecified atom stereocenters. The number of hydrogen-bond acceptors (Lipinski definition) is 5. The number of fused-ring (bicyclic) bond motifs is 3. The van der Waals surface area contributed by atoms with E-state index in [0.717, 1.165) is 50.3 Å². The fourth-order valence-corrected chi connectivity index (χ4v) is 3.77. The van der Waals surface area contributed by atoms with Gasteiger partial charge in [-0.3, -0.25) is 9.55 Å². The maximum atomic E-state index is 5.31. The zero-order valence-electron chi connectivity index (χ0n) is 17.0. The summed E-state index contributed by atoms with van der Waals surface area (Å²) in [7, 11) is 3.28. The van der Waals surface area contributed by atoms with Crippen LogP contribution in [0.2, 0.25) is 0 Å². The van der Waals surface area contributed by atoms with Crippen molar-refractivity contribution < 1.29 is 9.47 Å². The maximum absolute atomic E-state index is 5.31. The van der Waals surface area contributed by atoms with Crippen molar-refractivity contribution >= 4 is 21.9 Å². The zero-order chi connectivity index (χ0) is 20.7. The number of pyridine rings is 2. The van der Waals surface area contributed by atoms with Crippen LogP contribution in [0.15, 0.2) is 67.0 Å². The monoisotopic (exact) mass is 396 g/mol. The molecule has 3 aromatic heterocycles. The topological polar surface area (TPSA) is 62.1 Å². The van der Waals surface area contributed by atoms with Gasteiger partial charge in [0.2, 0.25) is 5.88 Å². The number of aryl methyl sites for hydroxylation is 1. The van der Waals surface area contributed by atoms with Crippen molar-refractivity contribution in [2.24, 2.45) is 0 Å². The van der Waals surface area contributed by atoms with E-state index in [-0.39, 0.29) is 0 Å². The summed E-state index contributed by atoms with van der Waals surface area (Å²) in [6.07, 6.45) is 3.65. The summed E-state index contributed by atoms with van der Waals surface area (Å²) in [5.74, 6) is 2.32. The summed E-state index contributed by atoms with van der Waals surface area (Å²) in [5, 5.41) is 1.04. The number of ether oxygens (including phenoxy) is 2. The molecule has 0 bridgehead atoms. The van der Waals surface area contributed by atoms with Gasteiger partial charge in [-0.05, 0) is 55.0 Å². The van der Waals surface area contributed by atoms with Gasteiger partial charge in [0.05, 0.1) is 31.4 Å². The second-order valence-electron chi connectivity index (χ2n) is 7.01. The quantitative estimate of drug-likeness (QED) is 0.430. The van der Waals surface area contributed by atoms with E-state index < -0.39 is 0 Å². The summed E-state index contributed by atoms with van der Waals surface area (Å²) < 4.78 is 12.6. The Balaban J connectivity index is 1.74. The molecule has 0 amide bonds. The van der Waals surface area contributed by atoms with Crippen molar-refractivity contribution in [3.63, 3.8) is 0 Å². The number of benzene rings is 2. The van der Waals surface area contributed by atoms with Gasteiger partial charge in [0, 0.05) is 28.9 Å². The summed E-state index contributed by atoms with van der Waals surface area (Å²) in [6, 6.07) is 18.1. The summed E-state index contributed by atoms with van der Waals surface area (Å²) in [6.45, 7) is 2.01. The van der Waals surface area contributed by atoms with Crippen LogP contribution in [0, 0.1) is 6.92 Å². The highest BCUT2D eigenvalue weighted by Crippen LogP contribution is 2.31. The molecule has 0 aliphatic rings. The number of hydrogen-bond donors (Lipinski definition) is 0. The third-order valence-electron chi connectivity index (χ3n) is 5.26. The Kier molecular flexibility index (Phi) is 4.32. The van der Waals surface area contributed by atoms with Gasteiger partial charge < -0.3 is 9.47 Å². The van der Waals surface area contributed by atoms with E-state index in [0.29, 0.717) is 5.88 Å². The summed E-state index contributed by atoms with van der Waals surface area (Å²) >= 11 is 0. The van der Waals surface area contributed by atoms with Gasteiger partial charge in [-0.2, -0.15) is 0 Å². The normalized spacial score (nSPS) is 11.2. The van der Waals surface area contributed by atoms with E-state index in [1.807, 2.05) is 61.8 Å². The summed E-state index contributed by atoms with van der Waals surface area (Å²) in [5.41, 5.74) is 5.92. The SMILES string of the molecule is COc1ccc(-n2c(C)nc3cnc4ccc(-c5ccc(OC)nc5)cc4c32)cc1. The lowest BCUT2D eigenvalue weighted by Gasteiger charge is -2.11. The van der Waals surface area contributed by atoms with Gasteiger partial charge in [-0.1, -0.05) is 6.07 Å². The molecular formula is C24H20N4O2. The first-order valence-electron chi connectivity index (χ1n) is 9.60. The average Bonchev–Trinajstić information content (AvgIpc) is 3.15. The molecule has 5 aromatic rings. The minimum Gasteiger partial charge on any atom is -0.497 e. The number of rotatable bonds is 4. The van der Waals surface area contributed by atoms with E-state index in [1.54, 1.807) is 14.2 Å². The van der Waals surface area contributed by atoms with Gasteiger partial charge in [-0.25, -0.2) is 9.97 Å². The van der Waals surface area contributed by atoms with E-state index >= 15 is 0 Å². The van der Waals surface area contributed by atoms with Crippen LogP contribution in [-0.2, 0) is 0 Å². The molecule has 0 atom stereocenters. The Morgan fingerprint density at radius 3 is 2.27 bits per heavy atom. The minimum absolute atomic E-state index is 0.594. The molecule has 6 heteroatoms. The average molecular weight is 396 g/mol. The molecule has 0 aliphatic heterocycles. The summed E-state index contributed by atoms with van der Waals surface area (Å²) in [4.78, 5) is 13.7. The van der Waals surface area contributed by atoms with Gasteiger partial charge in [0.1, 0.15) is 17.1 Å². The number of methoxy groups -OCH3 is 2. The van der Waals surface area contributed by atoms with Crippen molar-refractivity contribution in [2.45, 2.75) is 6.92 Å². The molecule has 2 aromatic carbocycles. The molecule has 3 heterocycles. The van der Waals surface area contributed by atoms with Crippen molar-refractivity contribution in [3.05, 3.63) is 72.8 Å². The third kappa shape index (κ3) is 2.93. The smallest absolute Gasteiger partial charge is 0.212 e. The number of imidazole rings is 1. The van der Waals surface area contributed by atoms with Crippen LogP contribution in [-0.4, -0.2) is 33.7 Å². The minimum atomic E-state index is 0.594. The van der Waals surface area contributed by atoms with Crippen LogP contribution in [0.1, 0.15) is 5.82 Å². The van der Waals surface area contributed by atoms with Crippen LogP contribution in [0.25, 0.3) is 38.8 Å². The molecule has 0 spiro atoms. The van der Waals surface area contributed by atoms with Gasteiger partial charge >= 0.3 is 0 Å². The van der Waals surface area contributed by atoms with Gasteiger partial charge in [0.25, 0.3) is 0 Å². The molecule has 30 heavy (non-hydrogen) atoms. The molecule has 0 radical (unpaired) electrons. The van der Waals surface area contributed by atoms with E-state index in [1.165, 1.54) is 0 Å². The highest BCUT2D eigenvalue weighted by atomic mass is 16.5. The maximum Gasteiger partial charge on any atom is 0.212 e. The third-order valence-corrected chi connectivity index (χ3v) is 5.26. The Labute approximate surface area is 173 Å². The molecule has 0 saturated heterocycles. The predicted octanol–water partition coefficient (Wildman–Crippen LogP) is 4.96. The Morgan fingerprint density at radius 2 is 1.57 bits per heavy atom. The molecule has 0 saturated carbocycles. The van der Waals surface area contributed by atoms with Crippen LogP contribution in [0.4, 0.5) is 0 Å². The first-order chi connectivity index (χ1) is 14.7. The molecule has 0 fully saturated rings. The van der Waals surface area contributed by atoms with Crippen LogP contribution >= 0.6 is 0 Å². The van der Waals surface area contributed by atoms with Crippen molar-refractivity contribution in [3.8, 4) is 28.4 Å². The molecule has 0 N–H and O–H groups in total. The Hall–Kier alpha value is -3.93. The van der Waals surface area contributed by atoms with Gasteiger partial charge in [-0.15, -0.1) is 0 Å². The molecular weight excluding hydrogens is 376 g/mol. The second-order valence-corrected chi connectivity index (χ2v) is 7.01. The lowest BCUT2D eigenvalue weighted by molar-refractivity contribution is 0.398. The molecule has 0 aliphatic carbocycles. The highest BCUT2D eigenvalue weighted by Gasteiger charge is 2.14. The molecule has 6 nitrogen and oxygen atoms in total. The van der Waals surface area contributed by atoms with Crippen LogP contribution in [0.3, 0.4) is 0 Å². The lowest BCUT2D eigenvalue weighted by atomic mass is 10.0. The van der Waals surface area contributed by atoms with Crippen LogP contribution in [0.5, 0.6) is 11.6 Å². The Morgan fingerprint density at radius 1 is 0.767 bits per heavy atom. The van der Waals surface area contributed by atoms with E-state index in [9.17, 15) is 0 Å². The largest absolute Gasteiger partial charge is 0.497 e. The second kappa shape index (κ2) is 7.15. The van der Waals surface area contributed by atoms with Crippen molar-refractivity contribution in [2.75, 3.05) is 14.2 Å². The molecule has 148 valence electrons. The first-order valence-corrected chi connectivity index (χ1v) is 9.60. The Bertz CT molecular complexity index is 1360. The fourth-order valence-electron chi connectivity index (χ4n) is 3.77. The number of nitrogens with zero attached hydrogens (tertiary/aromatic N) is 4. The van der Waals surface area contributed by atoms with Crippen molar-refractivity contribution in [1.82, 2.24) is 19.5 Å². The van der Waals surface area contributed by atoms with E-state index in [4.69, 9.17) is 14.5 Å². The fraction of sp³-hybridized carbons (Fsp3) is 0.125.